The average Bonchev–Trinajstić information content (AvgIpc) is 2.93. The number of nitrogens with zero attached hydrogens (tertiary/aromatic N) is 4. The van der Waals surface area contributed by atoms with E-state index >= 15 is 0 Å². The zero-order valence-electron chi connectivity index (χ0n) is 23.7. The molecule has 3 N–H and O–H groups in total. The average molecular weight is 541 g/mol. The molecule has 0 unspecified atom stereocenters. The van der Waals surface area contributed by atoms with Crippen molar-refractivity contribution in [3.63, 3.8) is 0 Å². The maximum atomic E-state index is 13.4. The molecule has 1 aromatic heterocycles. The van der Waals surface area contributed by atoms with Gasteiger partial charge in [0.15, 0.2) is 0 Å². The molecule has 10 nitrogen and oxygen atoms in total. The summed E-state index contributed by atoms with van der Waals surface area (Å²) in [5, 5.41) is 3.44. The lowest BCUT2D eigenvalue weighted by atomic mass is 10.1. The van der Waals surface area contributed by atoms with Gasteiger partial charge in [-0.3, -0.25) is 14.5 Å². The summed E-state index contributed by atoms with van der Waals surface area (Å²) >= 11 is 0. The minimum Gasteiger partial charge on any atom is -0.469 e. The van der Waals surface area contributed by atoms with Crippen molar-refractivity contribution in [3.8, 4) is 0 Å². The number of unbranched alkanes of at least 4 members (excludes halogenated alkanes) is 2. The Labute approximate surface area is 232 Å². The summed E-state index contributed by atoms with van der Waals surface area (Å²) in [6, 6.07) is 7.79. The first-order valence-electron chi connectivity index (χ1n) is 14.0. The van der Waals surface area contributed by atoms with Crippen LogP contribution in [0.5, 0.6) is 0 Å². The third-order valence-electron chi connectivity index (χ3n) is 6.95. The number of morpholine rings is 1. The number of hydrogen-bond donors (Lipinski definition) is 2. The Hall–Kier alpha value is -3.24. The van der Waals surface area contributed by atoms with Crippen molar-refractivity contribution < 1.29 is 19.1 Å². The second-order valence-corrected chi connectivity index (χ2v) is 10.0. The van der Waals surface area contributed by atoms with Gasteiger partial charge in [-0.1, -0.05) is 44.0 Å². The molecule has 2 heterocycles. The maximum absolute atomic E-state index is 13.4. The lowest BCUT2D eigenvalue weighted by Crippen LogP contribution is -2.44. The second kappa shape index (κ2) is 16.0. The fourth-order valence-corrected chi connectivity index (χ4v) is 4.66. The number of nitrogen functional groups attached to an aromatic ring is 1. The zero-order valence-corrected chi connectivity index (χ0v) is 23.7. The van der Waals surface area contributed by atoms with Crippen LogP contribution in [0, 0.1) is 6.92 Å². The molecule has 214 valence electrons. The van der Waals surface area contributed by atoms with Crippen LogP contribution in [0.4, 0.5) is 11.8 Å². The van der Waals surface area contributed by atoms with E-state index in [2.05, 4.69) is 27.1 Å². The molecule has 1 aliphatic heterocycles. The molecule has 1 saturated heterocycles. The first-order chi connectivity index (χ1) is 18.9. The molecule has 1 fully saturated rings. The zero-order chi connectivity index (χ0) is 28.0. The van der Waals surface area contributed by atoms with Crippen LogP contribution >= 0.6 is 0 Å². The predicted molar refractivity (Wildman–Crippen MR) is 152 cm³/mol. The van der Waals surface area contributed by atoms with Gasteiger partial charge >= 0.3 is 5.97 Å². The van der Waals surface area contributed by atoms with Crippen LogP contribution in [0.25, 0.3) is 0 Å². The van der Waals surface area contributed by atoms with E-state index in [9.17, 15) is 9.59 Å². The lowest BCUT2D eigenvalue weighted by molar-refractivity contribution is -0.139. The van der Waals surface area contributed by atoms with Crippen molar-refractivity contribution in [2.45, 2.75) is 58.9 Å². The van der Waals surface area contributed by atoms with E-state index in [4.69, 9.17) is 15.2 Å². The number of nitrogens with one attached hydrogen (secondary N) is 1. The van der Waals surface area contributed by atoms with Gasteiger partial charge in [-0.05, 0) is 37.3 Å². The number of esters is 1. The molecule has 39 heavy (non-hydrogen) atoms. The smallest absolute Gasteiger partial charge is 0.309 e. The Bertz CT molecular complexity index is 1060. The Balaban J connectivity index is 1.67. The summed E-state index contributed by atoms with van der Waals surface area (Å²) in [5.41, 5.74) is 9.76. The molecule has 1 aromatic carbocycles. The number of aryl methyl sites for hydroxylation is 1. The third kappa shape index (κ3) is 10.1. The molecule has 1 amide bonds. The first kappa shape index (κ1) is 30.3. The van der Waals surface area contributed by atoms with E-state index in [1.54, 1.807) is 0 Å². The molecule has 0 saturated carbocycles. The minimum atomic E-state index is -0.272. The van der Waals surface area contributed by atoms with Crippen LogP contribution in [0.3, 0.4) is 0 Å². The summed E-state index contributed by atoms with van der Waals surface area (Å²) in [7, 11) is 1.39. The van der Waals surface area contributed by atoms with Crippen molar-refractivity contribution >= 4 is 23.6 Å². The molecular formula is C29H44N6O4. The minimum absolute atomic E-state index is 0.0960. The van der Waals surface area contributed by atoms with Gasteiger partial charge in [-0.2, -0.15) is 4.98 Å². The summed E-state index contributed by atoms with van der Waals surface area (Å²) in [6.45, 7) is 9.29. The summed E-state index contributed by atoms with van der Waals surface area (Å²) < 4.78 is 10.2. The van der Waals surface area contributed by atoms with Crippen LogP contribution in [0.2, 0.25) is 0 Å². The number of amides is 1. The fraction of sp³-hybridized carbons (Fsp3) is 0.586. The number of anilines is 2. The number of carbonyl (C=O) groups is 2. The molecular weight excluding hydrogens is 496 g/mol. The van der Waals surface area contributed by atoms with Crippen molar-refractivity contribution in [2.24, 2.45) is 0 Å². The van der Waals surface area contributed by atoms with E-state index in [0.29, 0.717) is 32.8 Å². The summed E-state index contributed by atoms with van der Waals surface area (Å²) in [6.07, 6.45) is 5.12. The SMILES string of the molecule is CCCCCNc1nc(N)nc(C)c1CCCN(Cc1ccc(CC(=O)OC)cc1)C(=O)CN1CCOCC1. The number of aromatic nitrogens is 2. The maximum Gasteiger partial charge on any atom is 0.309 e. The highest BCUT2D eigenvalue weighted by molar-refractivity contribution is 5.78. The highest BCUT2D eigenvalue weighted by atomic mass is 16.5. The highest BCUT2D eigenvalue weighted by Crippen LogP contribution is 2.20. The monoisotopic (exact) mass is 540 g/mol. The molecule has 0 spiro atoms. The molecule has 0 bridgehead atoms. The highest BCUT2D eigenvalue weighted by Gasteiger charge is 2.20. The van der Waals surface area contributed by atoms with Crippen LogP contribution < -0.4 is 11.1 Å². The van der Waals surface area contributed by atoms with Gasteiger partial charge in [0.1, 0.15) is 5.82 Å². The lowest BCUT2D eigenvalue weighted by Gasteiger charge is -2.30. The molecule has 1 aliphatic rings. The van der Waals surface area contributed by atoms with E-state index in [1.807, 2.05) is 36.1 Å². The quantitative estimate of drug-likeness (QED) is 0.259. The van der Waals surface area contributed by atoms with Gasteiger partial charge < -0.3 is 25.4 Å². The Morgan fingerprint density at radius 2 is 1.82 bits per heavy atom. The van der Waals surface area contributed by atoms with Crippen LogP contribution in [-0.2, 0) is 38.4 Å². The van der Waals surface area contributed by atoms with E-state index < -0.39 is 0 Å². The number of ether oxygens (including phenoxy) is 2. The van der Waals surface area contributed by atoms with Crippen LogP contribution in [0.1, 0.15) is 55.0 Å². The van der Waals surface area contributed by atoms with Crippen molar-refractivity contribution in [3.05, 3.63) is 46.6 Å². The first-order valence-corrected chi connectivity index (χ1v) is 14.0. The molecule has 2 aromatic rings. The van der Waals surface area contributed by atoms with Crippen molar-refractivity contribution in [1.82, 2.24) is 19.8 Å². The molecule has 10 heteroatoms. The number of hydrogen-bond acceptors (Lipinski definition) is 9. The molecule has 0 atom stereocenters. The number of rotatable bonds is 15. The molecule has 3 rings (SSSR count). The van der Waals surface area contributed by atoms with E-state index in [0.717, 1.165) is 79.9 Å². The van der Waals surface area contributed by atoms with Crippen LogP contribution in [0.15, 0.2) is 24.3 Å². The van der Waals surface area contributed by atoms with Crippen LogP contribution in [-0.4, -0.2) is 84.7 Å². The van der Waals surface area contributed by atoms with Gasteiger partial charge in [-0.15, -0.1) is 0 Å². The third-order valence-corrected chi connectivity index (χ3v) is 6.95. The number of benzene rings is 1. The Morgan fingerprint density at radius 1 is 1.10 bits per heavy atom. The standard InChI is InChI=1S/C29H44N6O4/c1-4-5-6-13-31-28-25(22(2)32-29(30)33-28)8-7-14-35(26(36)21-34-15-17-39-18-16-34)20-24-11-9-23(10-12-24)19-27(37)38-3/h9-12H,4-8,13-21H2,1-3H3,(H3,30,31,32,33). The van der Waals surface area contributed by atoms with Crippen molar-refractivity contribution in [1.29, 1.82) is 0 Å². The molecule has 0 aliphatic carbocycles. The Kier molecular flexibility index (Phi) is 12.4. The van der Waals surface area contributed by atoms with Gasteiger partial charge in [0, 0.05) is 44.0 Å². The van der Waals surface area contributed by atoms with Gasteiger partial charge in [0.25, 0.3) is 0 Å². The second-order valence-electron chi connectivity index (χ2n) is 10.0. The predicted octanol–water partition coefficient (Wildman–Crippen LogP) is 2.98. The number of nitrogens with two attached hydrogens (primary N) is 1. The van der Waals surface area contributed by atoms with E-state index in [-0.39, 0.29) is 24.2 Å². The van der Waals surface area contributed by atoms with Crippen molar-refractivity contribution in [2.75, 3.05) is 64.1 Å². The largest absolute Gasteiger partial charge is 0.469 e. The van der Waals surface area contributed by atoms with Gasteiger partial charge in [0.2, 0.25) is 11.9 Å². The van der Waals surface area contributed by atoms with Gasteiger partial charge in [-0.25, -0.2) is 4.98 Å². The fourth-order valence-electron chi connectivity index (χ4n) is 4.66. The van der Waals surface area contributed by atoms with Gasteiger partial charge in [0.05, 0.1) is 33.3 Å². The topological polar surface area (TPSA) is 123 Å². The van der Waals surface area contributed by atoms with E-state index in [1.165, 1.54) is 7.11 Å². The number of carbonyl (C=O) groups excluding carboxylic acids is 2. The Morgan fingerprint density at radius 3 is 2.51 bits per heavy atom. The summed E-state index contributed by atoms with van der Waals surface area (Å²) in [4.78, 5) is 37.9. The summed E-state index contributed by atoms with van der Waals surface area (Å²) in [5.74, 6) is 0.889. The normalized spacial score (nSPS) is 13.7. The number of methoxy groups -OCH3 is 1. The molecule has 0 radical (unpaired) electrons.